The molecule has 6 heteroatoms. The number of nitrogen functional groups attached to an aromatic ring is 1. The van der Waals surface area contributed by atoms with Crippen molar-refractivity contribution in [3.8, 4) is 11.5 Å². The fourth-order valence-corrected chi connectivity index (χ4v) is 2.41. The zero-order valence-electron chi connectivity index (χ0n) is 10.8. The molecule has 0 radical (unpaired) electrons. The van der Waals surface area contributed by atoms with E-state index in [9.17, 15) is 4.39 Å². The maximum absolute atomic E-state index is 13.4. The molecule has 0 atom stereocenters. The summed E-state index contributed by atoms with van der Waals surface area (Å²) in [5.74, 6) is 0.0595. The van der Waals surface area contributed by atoms with Gasteiger partial charge in [-0.15, -0.1) is 11.3 Å². The molecule has 0 spiro atoms. The molecule has 2 N–H and O–H groups in total. The monoisotopic (exact) mass is 282 g/mol. The highest BCUT2D eigenvalue weighted by Crippen LogP contribution is 2.30. The molecule has 0 saturated carbocycles. The summed E-state index contributed by atoms with van der Waals surface area (Å²) < 4.78 is 23.8. The molecule has 0 aliphatic carbocycles. The van der Waals surface area contributed by atoms with E-state index in [0.29, 0.717) is 12.4 Å². The highest BCUT2D eigenvalue weighted by Gasteiger charge is 2.10. The van der Waals surface area contributed by atoms with E-state index < -0.39 is 5.82 Å². The first kappa shape index (κ1) is 13.6. The van der Waals surface area contributed by atoms with Gasteiger partial charge in [0.25, 0.3) is 0 Å². The minimum atomic E-state index is -0.495. The third-order valence-corrected chi connectivity index (χ3v) is 3.71. The van der Waals surface area contributed by atoms with Gasteiger partial charge in [0.05, 0.1) is 30.6 Å². The largest absolute Gasteiger partial charge is 0.494 e. The molecule has 1 aromatic heterocycles. The summed E-state index contributed by atoms with van der Waals surface area (Å²) in [5.41, 5.74) is 8.79. The number of hydrogen-bond acceptors (Lipinski definition) is 5. The van der Waals surface area contributed by atoms with Gasteiger partial charge in [-0.1, -0.05) is 0 Å². The van der Waals surface area contributed by atoms with E-state index in [1.165, 1.54) is 24.1 Å². The number of aryl methyl sites for hydroxylation is 1. The van der Waals surface area contributed by atoms with Crippen LogP contribution in [0, 0.1) is 12.7 Å². The van der Waals surface area contributed by atoms with Crippen LogP contribution < -0.4 is 15.2 Å². The van der Waals surface area contributed by atoms with Gasteiger partial charge in [0, 0.05) is 23.4 Å². The number of nitrogens with zero attached hydrogens (tertiary/aromatic N) is 1. The van der Waals surface area contributed by atoms with Crippen LogP contribution in [0.25, 0.3) is 0 Å². The lowest BCUT2D eigenvalue weighted by Crippen LogP contribution is -2.04. The van der Waals surface area contributed by atoms with Crippen LogP contribution in [-0.4, -0.2) is 18.7 Å². The summed E-state index contributed by atoms with van der Waals surface area (Å²) >= 11 is 1.59. The smallest absolute Gasteiger partial charge is 0.167 e. The van der Waals surface area contributed by atoms with Crippen molar-refractivity contribution in [3.05, 3.63) is 34.0 Å². The molecule has 0 saturated heterocycles. The summed E-state index contributed by atoms with van der Waals surface area (Å²) in [6, 6.07) is 2.66. The molecule has 0 aliphatic heterocycles. The van der Waals surface area contributed by atoms with E-state index >= 15 is 0 Å². The molecule has 0 amide bonds. The number of rotatable bonds is 5. The number of methoxy groups -OCH3 is 1. The molecule has 0 fully saturated rings. The third kappa shape index (κ3) is 3.14. The molecule has 102 valence electrons. The van der Waals surface area contributed by atoms with Crippen molar-refractivity contribution in [2.24, 2.45) is 0 Å². The maximum atomic E-state index is 13.4. The van der Waals surface area contributed by atoms with E-state index in [-0.39, 0.29) is 11.4 Å². The highest BCUT2D eigenvalue weighted by molar-refractivity contribution is 7.09. The fraction of sp³-hybridized carbons (Fsp3) is 0.308. The number of thiazole rings is 1. The Bertz CT molecular complexity index is 572. The standard InChI is InChI=1S/C13H15FN2O2S/c1-8-13(19-7-16-8)3-4-18-12-6-11(17-2)9(14)5-10(12)15/h5-7H,3-4,15H2,1-2H3. The Morgan fingerprint density at radius 2 is 2.16 bits per heavy atom. The zero-order chi connectivity index (χ0) is 13.8. The molecule has 2 rings (SSSR count). The van der Waals surface area contributed by atoms with Gasteiger partial charge in [-0.25, -0.2) is 9.37 Å². The second kappa shape index (κ2) is 5.88. The predicted molar refractivity (Wildman–Crippen MR) is 73.4 cm³/mol. The number of ether oxygens (including phenoxy) is 2. The second-order valence-electron chi connectivity index (χ2n) is 3.98. The first-order valence-electron chi connectivity index (χ1n) is 5.76. The predicted octanol–water partition coefficient (Wildman–Crippen LogP) is 2.80. The zero-order valence-corrected chi connectivity index (χ0v) is 11.6. The van der Waals surface area contributed by atoms with E-state index in [2.05, 4.69) is 4.98 Å². The third-order valence-electron chi connectivity index (χ3n) is 2.72. The Kier molecular flexibility index (Phi) is 4.21. The van der Waals surface area contributed by atoms with Gasteiger partial charge < -0.3 is 15.2 Å². The Labute approximate surface area is 115 Å². The second-order valence-corrected chi connectivity index (χ2v) is 4.92. The van der Waals surface area contributed by atoms with Gasteiger partial charge in [0.1, 0.15) is 5.75 Å². The van der Waals surface area contributed by atoms with Gasteiger partial charge >= 0.3 is 0 Å². The molecule has 2 aromatic rings. The lowest BCUT2D eigenvalue weighted by atomic mass is 10.2. The van der Waals surface area contributed by atoms with Gasteiger partial charge in [-0.3, -0.25) is 0 Å². The quantitative estimate of drug-likeness (QED) is 0.857. The van der Waals surface area contributed by atoms with Gasteiger partial charge in [0.2, 0.25) is 0 Å². The minimum Gasteiger partial charge on any atom is -0.494 e. The molecule has 0 bridgehead atoms. The van der Waals surface area contributed by atoms with Crippen LogP contribution in [0.5, 0.6) is 11.5 Å². The van der Waals surface area contributed by atoms with E-state index in [1.54, 1.807) is 16.8 Å². The Hall–Kier alpha value is -1.82. The number of hydrogen-bond donors (Lipinski definition) is 1. The SMILES string of the molecule is COc1cc(OCCc2scnc2C)c(N)cc1F. The van der Waals surface area contributed by atoms with Crippen LogP contribution in [0.3, 0.4) is 0 Å². The van der Waals surface area contributed by atoms with Crippen molar-refractivity contribution in [2.75, 3.05) is 19.5 Å². The van der Waals surface area contributed by atoms with Crippen LogP contribution in [0.1, 0.15) is 10.6 Å². The van der Waals surface area contributed by atoms with Crippen molar-refractivity contribution in [3.63, 3.8) is 0 Å². The summed E-state index contributed by atoms with van der Waals surface area (Å²) in [6.45, 7) is 2.42. The van der Waals surface area contributed by atoms with Crippen LogP contribution in [0.4, 0.5) is 10.1 Å². The number of aromatic nitrogens is 1. The van der Waals surface area contributed by atoms with Crippen LogP contribution in [0.15, 0.2) is 17.6 Å². The lowest BCUT2D eigenvalue weighted by molar-refractivity contribution is 0.319. The Morgan fingerprint density at radius 3 is 2.79 bits per heavy atom. The maximum Gasteiger partial charge on any atom is 0.167 e. The Balaban J connectivity index is 2.01. The van der Waals surface area contributed by atoms with Gasteiger partial charge in [0.15, 0.2) is 11.6 Å². The molecule has 0 aliphatic rings. The van der Waals surface area contributed by atoms with Crippen molar-refractivity contribution >= 4 is 17.0 Å². The lowest BCUT2D eigenvalue weighted by Gasteiger charge is -2.11. The Morgan fingerprint density at radius 1 is 1.37 bits per heavy atom. The van der Waals surface area contributed by atoms with Crippen molar-refractivity contribution in [1.82, 2.24) is 4.98 Å². The van der Waals surface area contributed by atoms with Crippen LogP contribution in [-0.2, 0) is 6.42 Å². The molecule has 1 heterocycles. The first-order valence-corrected chi connectivity index (χ1v) is 6.64. The van der Waals surface area contributed by atoms with Crippen molar-refractivity contribution in [2.45, 2.75) is 13.3 Å². The van der Waals surface area contributed by atoms with Crippen LogP contribution in [0.2, 0.25) is 0 Å². The first-order chi connectivity index (χ1) is 9.11. The number of nitrogens with two attached hydrogens (primary N) is 1. The fourth-order valence-electron chi connectivity index (χ4n) is 1.65. The average Bonchev–Trinajstić information content (AvgIpc) is 2.78. The summed E-state index contributed by atoms with van der Waals surface area (Å²) in [5, 5.41) is 0. The molecule has 4 nitrogen and oxygen atoms in total. The van der Waals surface area contributed by atoms with Crippen molar-refractivity contribution in [1.29, 1.82) is 0 Å². The van der Waals surface area contributed by atoms with Gasteiger partial charge in [-0.05, 0) is 6.92 Å². The van der Waals surface area contributed by atoms with Crippen molar-refractivity contribution < 1.29 is 13.9 Å². The summed E-state index contributed by atoms with van der Waals surface area (Å²) in [4.78, 5) is 5.34. The number of benzene rings is 1. The minimum absolute atomic E-state index is 0.123. The highest BCUT2D eigenvalue weighted by atomic mass is 32.1. The number of anilines is 1. The molecular formula is C13H15FN2O2S. The molecular weight excluding hydrogens is 267 g/mol. The number of halogens is 1. The topological polar surface area (TPSA) is 57.4 Å². The normalized spacial score (nSPS) is 10.5. The summed E-state index contributed by atoms with van der Waals surface area (Å²) in [7, 11) is 1.40. The molecule has 0 unspecified atom stereocenters. The average molecular weight is 282 g/mol. The molecule has 19 heavy (non-hydrogen) atoms. The van der Waals surface area contributed by atoms with Crippen LogP contribution >= 0.6 is 11.3 Å². The van der Waals surface area contributed by atoms with Gasteiger partial charge in [-0.2, -0.15) is 0 Å². The van der Waals surface area contributed by atoms with E-state index in [4.69, 9.17) is 15.2 Å². The van der Waals surface area contributed by atoms with E-state index in [0.717, 1.165) is 12.1 Å². The summed E-state index contributed by atoms with van der Waals surface area (Å²) in [6.07, 6.45) is 0.746. The van der Waals surface area contributed by atoms with E-state index in [1.807, 2.05) is 6.92 Å². The molecule has 1 aromatic carbocycles.